The lowest BCUT2D eigenvalue weighted by molar-refractivity contribution is -0.307. The van der Waals surface area contributed by atoms with E-state index in [9.17, 15) is 14.7 Å². The van der Waals surface area contributed by atoms with Crippen molar-refractivity contribution in [1.29, 1.82) is 0 Å². The van der Waals surface area contributed by atoms with E-state index in [4.69, 9.17) is 5.11 Å². The highest BCUT2D eigenvalue weighted by molar-refractivity contribution is 7.80. The van der Waals surface area contributed by atoms with Gasteiger partial charge in [0.2, 0.25) is 0 Å². The summed E-state index contributed by atoms with van der Waals surface area (Å²) in [6, 6.07) is -1.01. The van der Waals surface area contributed by atoms with Gasteiger partial charge in [0.15, 0.2) is 0 Å². The molecule has 0 aromatic rings. The van der Waals surface area contributed by atoms with Crippen LogP contribution in [0.4, 0.5) is 0 Å². The van der Waals surface area contributed by atoms with Crippen molar-refractivity contribution < 1.29 is 25.3 Å². The molecule has 80 valence electrons. The van der Waals surface area contributed by atoms with E-state index in [1.807, 2.05) is 0 Å². The Morgan fingerprint density at radius 2 is 2.00 bits per heavy atom. The van der Waals surface area contributed by atoms with Crippen LogP contribution in [0.25, 0.3) is 0 Å². The van der Waals surface area contributed by atoms with Gasteiger partial charge in [-0.3, -0.25) is 10.1 Å². The number of quaternary nitrogens is 1. The first kappa shape index (κ1) is 18.1. The van der Waals surface area contributed by atoms with Crippen molar-refractivity contribution in [3.05, 3.63) is 0 Å². The zero-order chi connectivity index (χ0) is 8.85. The van der Waals surface area contributed by atoms with Crippen LogP contribution in [0.1, 0.15) is 0 Å². The summed E-state index contributed by atoms with van der Waals surface area (Å²) in [6.45, 7) is -0.404. The van der Waals surface area contributed by atoms with Gasteiger partial charge in [-0.2, -0.15) is 12.6 Å². The molecular formula is C5H14N2O5S. The van der Waals surface area contributed by atoms with Gasteiger partial charge in [-0.05, 0) is 0 Å². The molecule has 0 amide bonds. The number of hydrogen-bond acceptors (Lipinski definition) is 5. The van der Waals surface area contributed by atoms with Gasteiger partial charge in [0.05, 0.1) is 18.6 Å². The highest BCUT2D eigenvalue weighted by Crippen LogP contribution is 1.84. The molecule has 0 aliphatic carbocycles. The lowest BCUT2D eigenvalue weighted by Crippen LogP contribution is -2.48. The van der Waals surface area contributed by atoms with Crippen molar-refractivity contribution in [1.82, 2.24) is 11.5 Å². The maximum absolute atomic E-state index is 10.1. The number of carboxylic acid groups (broad SMARTS) is 2. The van der Waals surface area contributed by atoms with E-state index in [1.54, 1.807) is 0 Å². The molecular weight excluding hydrogens is 200 g/mol. The number of thiol groups is 1. The fourth-order valence-corrected chi connectivity index (χ4v) is 0.711. The predicted octanol–water partition coefficient (Wildman–Crippen LogP) is -2.74. The van der Waals surface area contributed by atoms with Gasteiger partial charge in [-0.15, -0.1) is 0 Å². The molecule has 8 heteroatoms. The fraction of sp³-hybridized carbons (Fsp3) is 0.600. The Morgan fingerprint density at radius 3 is 2.23 bits per heavy atom. The van der Waals surface area contributed by atoms with E-state index < -0.39 is 24.5 Å². The maximum atomic E-state index is 10.1. The smallest absolute Gasteiger partial charge is 0.317 e. The minimum atomic E-state index is -1.35. The van der Waals surface area contributed by atoms with Crippen LogP contribution in [0.2, 0.25) is 0 Å². The van der Waals surface area contributed by atoms with Crippen LogP contribution in [0.15, 0.2) is 0 Å². The van der Waals surface area contributed by atoms with Crippen LogP contribution >= 0.6 is 12.6 Å². The van der Waals surface area contributed by atoms with Crippen molar-refractivity contribution in [2.75, 3.05) is 12.3 Å². The molecule has 0 saturated carbocycles. The van der Waals surface area contributed by atoms with Crippen molar-refractivity contribution in [3.63, 3.8) is 0 Å². The molecule has 0 saturated heterocycles. The zero-order valence-corrected chi connectivity index (χ0v) is 8.01. The Labute approximate surface area is 80.4 Å². The molecule has 0 aliphatic heterocycles. The number of hydrogen-bond donors (Lipinski definition) is 4. The van der Waals surface area contributed by atoms with E-state index in [0.717, 1.165) is 0 Å². The fourth-order valence-electron chi connectivity index (χ4n) is 0.433. The lowest BCUT2D eigenvalue weighted by Gasteiger charge is -2.15. The largest absolute Gasteiger partial charge is 0.548 e. The van der Waals surface area contributed by atoms with Crippen LogP contribution in [0.3, 0.4) is 0 Å². The lowest BCUT2D eigenvalue weighted by atomic mass is 10.3. The molecule has 7 nitrogen and oxygen atoms in total. The van der Waals surface area contributed by atoms with Crippen LogP contribution < -0.4 is 16.6 Å². The van der Waals surface area contributed by atoms with Crippen molar-refractivity contribution in [2.45, 2.75) is 6.04 Å². The van der Waals surface area contributed by atoms with Crippen molar-refractivity contribution in [3.8, 4) is 0 Å². The molecule has 0 rings (SSSR count). The molecule has 1 atom stereocenters. The summed E-state index contributed by atoms with van der Waals surface area (Å²) in [5.41, 5.74) is 0. The third-order valence-electron chi connectivity index (χ3n) is 0.967. The summed E-state index contributed by atoms with van der Waals surface area (Å²) in [4.78, 5) is 20.1. The minimum Gasteiger partial charge on any atom is -0.548 e. The molecule has 0 aromatic carbocycles. The summed E-state index contributed by atoms with van der Waals surface area (Å²) in [6.07, 6.45) is 0. The molecule has 0 aliphatic rings. The molecule has 0 bridgehead atoms. The van der Waals surface area contributed by atoms with E-state index in [2.05, 4.69) is 17.9 Å². The summed E-state index contributed by atoms with van der Waals surface area (Å²) >= 11 is 3.68. The number of rotatable bonds is 5. The van der Waals surface area contributed by atoms with Crippen LogP contribution in [-0.4, -0.2) is 40.9 Å². The predicted molar refractivity (Wildman–Crippen MR) is 47.9 cm³/mol. The van der Waals surface area contributed by atoms with Gasteiger partial charge in [-0.25, -0.2) is 0 Å². The molecule has 13 heavy (non-hydrogen) atoms. The number of carbonyl (C=O) groups excluding carboxylic acids is 1. The third kappa shape index (κ3) is 9.08. The van der Waals surface area contributed by atoms with E-state index >= 15 is 0 Å². The van der Waals surface area contributed by atoms with Gasteiger partial charge in [0.1, 0.15) is 0 Å². The summed E-state index contributed by atoms with van der Waals surface area (Å²) in [5.74, 6) is -2.45. The number of carboxylic acids is 2. The van der Waals surface area contributed by atoms with Crippen LogP contribution in [0, 0.1) is 0 Å². The number of carbonyl (C=O) groups is 2. The van der Waals surface area contributed by atoms with Gasteiger partial charge in [-0.1, -0.05) is 0 Å². The standard InChI is InChI=1S/C5H9NO4S.H3N.H2O/c7-4(8)1-6-3(2-11)5(9)10;;/h3,6,11H,1-2H2,(H,7,8)(H,9,10);1H3;1H2/t3-;;/m0../s1. The highest BCUT2D eigenvalue weighted by atomic mass is 32.1. The van der Waals surface area contributed by atoms with Crippen LogP contribution in [-0.2, 0) is 9.59 Å². The molecule has 0 radical (unpaired) electrons. The monoisotopic (exact) mass is 214 g/mol. The Hall–Kier alpha value is -0.830. The normalized spacial score (nSPS) is 10.5. The molecule has 0 fully saturated rings. The first-order valence-corrected chi connectivity index (χ1v) is 3.48. The Bertz CT molecular complexity index is 165. The first-order chi connectivity index (χ1) is 5.07. The average molecular weight is 214 g/mol. The summed E-state index contributed by atoms with van der Waals surface area (Å²) < 4.78 is 0. The zero-order valence-electron chi connectivity index (χ0n) is 7.11. The SMILES string of the molecule is O.O=C(O)CN[C@@H](CS)C(=O)[O-].[NH4+]. The Morgan fingerprint density at radius 1 is 1.54 bits per heavy atom. The summed E-state index contributed by atoms with van der Waals surface area (Å²) in [7, 11) is 0. The van der Waals surface area contributed by atoms with Crippen LogP contribution in [0.5, 0.6) is 0 Å². The Kier molecular flexibility index (Phi) is 12.9. The molecule has 0 heterocycles. The molecule has 0 spiro atoms. The van der Waals surface area contributed by atoms with E-state index in [1.165, 1.54) is 0 Å². The molecule has 0 aromatic heterocycles. The van der Waals surface area contributed by atoms with E-state index in [0.29, 0.717) is 0 Å². The van der Waals surface area contributed by atoms with E-state index in [-0.39, 0.29) is 17.4 Å². The van der Waals surface area contributed by atoms with Gasteiger partial charge in [0.25, 0.3) is 0 Å². The van der Waals surface area contributed by atoms with Gasteiger partial charge < -0.3 is 26.6 Å². The maximum Gasteiger partial charge on any atom is 0.317 e. The molecule has 8 N–H and O–H groups in total. The Balaban J connectivity index is -0.000000500. The second kappa shape index (κ2) is 9.26. The minimum absolute atomic E-state index is 0. The number of nitrogens with one attached hydrogen (secondary N) is 1. The van der Waals surface area contributed by atoms with Crippen molar-refractivity contribution >= 4 is 24.6 Å². The van der Waals surface area contributed by atoms with Crippen molar-refractivity contribution in [2.24, 2.45) is 0 Å². The highest BCUT2D eigenvalue weighted by Gasteiger charge is 2.07. The molecule has 0 unspecified atom stereocenters. The summed E-state index contributed by atoms with van der Waals surface area (Å²) in [5, 5.41) is 20.5. The second-order valence-electron chi connectivity index (χ2n) is 1.83. The number of aliphatic carboxylic acids is 2. The quantitative estimate of drug-likeness (QED) is 0.365. The first-order valence-electron chi connectivity index (χ1n) is 2.84. The topological polar surface area (TPSA) is 157 Å². The van der Waals surface area contributed by atoms with Gasteiger partial charge in [0, 0.05) is 5.75 Å². The average Bonchev–Trinajstić information content (AvgIpc) is 1.87. The second-order valence-corrected chi connectivity index (χ2v) is 2.19. The third-order valence-corrected chi connectivity index (χ3v) is 1.33. The van der Waals surface area contributed by atoms with Gasteiger partial charge >= 0.3 is 5.97 Å².